The Hall–Kier alpha value is -0.500. The first-order chi connectivity index (χ1) is 7.27. The van der Waals surface area contributed by atoms with E-state index in [0.717, 1.165) is 12.2 Å². The van der Waals surface area contributed by atoms with Crippen LogP contribution in [0.1, 0.15) is 31.7 Å². The third-order valence-corrected chi connectivity index (χ3v) is 3.70. The smallest absolute Gasteiger partial charge is 0.122 e. The Balaban J connectivity index is 2.43. The Bertz CT molecular complexity index is 286. The number of hydrogen-bond acceptors (Lipinski definition) is 1. The highest BCUT2D eigenvalue weighted by Gasteiger charge is 2.04. The lowest BCUT2D eigenvalue weighted by Gasteiger charge is -2.09. The lowest BCUT2D eigenvalue weighted by atomic mass is 10.1. The molecule has 0 aliphatic heterocycles. The van der Waals surface area contributed by atoms with E-state index >= 15 is 0 Å². The number of ether oxygens (including phenoxy) is 1. The molecule has 0 fully saturated rings. The minimum Gasteiger partial charge on any atom is -0.496 e. The van der Waals surface area contributed by atoms with E-state index in [4.69, 9.17) is 4.74 Å². The lowest BCUT2D eigenvalue weighted by Crippen LogP contribution is -1.97. The van der Waals surface area contributed by atoms with E-state index in [2.05, 4.69) is 35.0 Å². The van der Waals surface area contributed by atoms with E-state index in [-0.39, 0.29) is 0 Å². The third-order valence-electron chi connectivity index (χ3n) is 2.60. The molecule has 0 radical (unpaired) electrons. The van der Waals surface area contributed by atoms with Crippen molar-refractivity contribution in [1.29, 1.82) is 0 Å². The summed E-state index contributed by atoms with van der Waals surface area (Å²) in [6.07, 6.45) is 4.75. The predicted octanol–water partition coefficient (Wildman–Crippen LogP) is 4.19. The summed E-state index contributed by atoms with van der Waals surface area (Å²) >= 11 is 3.65. The van der Waals surface area contributed by atoms with Crippen molar-refractivity contribution in [2.45, 2.75) is 37.4 Å². The molecule has 0 N–H and O–H groups in total. The summed E-state index contributed by atoms with van der Waals surface area (Å²) in [6, 6.07) is 8.26. The van der Waals surface area contributed by atoms with Crippen molar-refractivity contribution in [2.24, 2.45) is 0 Å². The van der Waals surface area contributed by atoms with Gasteiger partial charge in [0.05, 0.1) is 7.11 Å². The highest BCUT2D eigenvalue weighted by molar-refractivity contribution is 9.09. The van der Waals surface area contributed by atoms with Crippen molar-refractivity contribution >= 4 is 15.9 Å². The molecular formula is C13H19BrO. The Morgan fingerprint density at radius 1 is 1.33 bits per heavy atom. The molecule has 0 saturated heterocycles. The van der Waals surface area contributed by atoms with Gasteiger partial charge in [-0.2, -0.15) is 0 Å². The first-order valence-corrected chi connectivity index (χ1v) is 6.45. The molecule has 1 aromatic rings. The van der Waals surface area contributed by atoms with Crippen LogP contribution in [0.5, 0.6) is 5.75 Å². The van der Waals surface area contributed by atoms with Crippen LogP contribution in [0.4, 0.5) is 0 Å². The average molecular weight is 271 g/mol. The number of aryl methyl sites for hydroxylation is 1. The van der Waals surface area contributed by atoms with Gasteiger partial charge in [-0.05, 0) is 37.3 Å². The molecule has 0 spiro atoms. The predicted molar refractivity (Wildman–Crippen MR) is 68.9 cm³/mol. The van der Waals surface area contributed by atoms with E-state index in [1.54, 1.807) is 7.11 Å². The van der Waals surface area contributed by atoms with Gasteiger partial charge in [-0.3, -0.25) is 0 Å². The minimum absolute atomic E-state index is 0.659. The second-order valence-electron chi connectivity index (χ2n) is 3.71. The summed E-state index contributed by atoms with van der Waals surface area (Å²) in [5.74, 6) is 1.01. The fraction of sp³-hybridized carbons (Fsp3) is 0.538. The van der Waals surface area contributed by atoms with Crippen LogP contribution in [-0.2, 0) is 6.42 Å². The quantitative estimate of drug-likeness (QED) is 0.705. The molecule has 1 aromatic carbocycles. The van der Waals surface area contributed by atoms with Crippen molar-refractivity contribution in [3.63, 3.8) is 0 Å². The molecule has 0 aliphatic rings. The lowest BCUT2D eigenvalue weighted by molar-refractivity contribution is 0.409. The molecule has 1 rings (SSSR count). The number of benzene rings is 1. The number of hydrogen-bond donors (Lipinski definition) is 0. The first kappa shape index (κ1) is 12.6. The standard InChI is InChI=1S/C13H19BrO/c1-3-12(14)9-6-8-11-7-4-5-10-13(11)15-2/h4-5,7,10,12H,3,6,8-9H2,1-2H3. The summed E-state index contributed by atoms with van der Waals surface area (Å²) in [6.45, 7) is 2.21. The zero-order valence-corrected chi connectivity index (χ0v) is 11.1. The zero-order chi connectivity index (χ0) is 11.1. The van der Waals surface area contributed by atoms with E-state index in [0.29, 0.717) is 4.83 Å². The van der Waals surface area contributed by atoms with Crippen LogP contribution in [0.25, 0.3) is 0 Å². The van der Waals surface area contributed by atoms with Gasteiger partial charge < -0.3 is 4.74 Å². The van der Waals surface area contributed by atoms with Crippen molar-refractivity contribution in [3.8, 4) is 5.75 Å². The molecule has 1 unspecified atom stereocenters. The number of methoxy groups -OCH3 is 1. The molecule has 1 nitrogen and oxygen atoms in total. The second-order valence-corrected chi connectivity index (χ2v) is 5.00. The number of alkyl halides is 1. The largest absolute Gasteiger partial charge is 0.496 e. The van der Waals surface area contributed by atoms with Gasteiger partial charge in [0.2, 0.25) is 0 Å². The molecule has 0 aliphatic carbocycles. The molecule has 0 heterocycles. The summed E-state index contributed by atoms with van der Waals surface area (Å²) < 4.78 is 5.32. The minimum atomic E-state index is 0.659. The molecule has 15 heavy (non-hydrogen) atoms. The van der Waals surface area contributed by atoms with Crippen molar-refractivity contribution in [1.82, 2.24) is 0 Å². The molecule has 2 heteroatoms. The molecule has 0 amide bonds. The van der Waals surface area contributed by atoms with E-state index in [1.165, 1.54) is 24.8 Å². The second kappa shape index (κ2) is 6.89. The van der Waals surface area contributed by atoms with Crippen molar-refractivity contribution in [2.75, 3.05) is 7.11 Å². The Morgan fingerprint density at radius 2 is 2.07 bits per heavy atom. The van der Waals surface area contributed by atoms with Gasteiger partial charge in [0.25, 0.3) is 0 Å². The SMILES string of the molecule is CCC(Br)CCCc1ccccc1OC. The molecule has 84 valence electrons. The van der Waals surface area contributed by atoms with Gasteiger partial charge in [0.15, 0.2) is 0 Å². The number of halogens is 1. The fourth-order valence-electron chi connectivity index (χ4n) is 1.63. The van der Waals surface area contributed by atoms with Gasteiger partial charge in [0, 0.05) is 4.83 Å². The van der Waals surface area contributed by atoms with Crippen molar-refractivity contribution in [3.05, 3.63) is 29.8 Å². The third kappa shape index (κ3) is 4.25. The Kier molecular flexibility index (Phi) is 5.77. The zero-order valence-electron chi connectivity index (χ0n) is 9.50. The van der Waals surface area contributed by atoms with Crippen LogP contribution >= 0.6 is 15.9 Å². The Morgan fingerprint density at radius 3 is 2.73 bits per heavy atom. The van der Waals surface area contributed by atoms with Crippen LogP contribution < -0.4 is 4.74 Å². The summed E-state index contributed by atoms with van der Waals surface area (Å²) in [7, 11) is 1.73. The molecule has 0 aromatic heterocycles. The monoisotopic (exact) mass is 270 g/mol. The van der Waals surface area contributed by atoms with E-state index in [1.807, 2.05) is 12.1 Å². The molecule has 0 saturated carbocycles. The maximum atomic E-state index is 5.32. The molecule has 0 bridgehead atoms. The topological polar surface area (TPSA) is 9.23 Å². The first-order valence-electron chi connectivity index (χ1n) is 5.54. The summed E-state index contributed by atoms with van der Waals surface area (Å²) in [5.41, 5.74) is 1.32. The van der Waals surface area contributed by atoms with Gasteiger partial charge in [-0.1, -0.05) is 41.1 Å². The molecule has 1 atom stereocenters. The van der Waals surface area contributed by atoms with E-state index < -0.39 is 0 Å². The number of rotatable bonds is 6. The van der Waals surface area contributed by atoms with Crippen LogP contribution in [0.3, 0.4) is 0 Å². The summed E-state index contributed by atoms with van der Waals surface area (Å²) in [5, 5.41) is 0. The van der Waals surface area contributed by atoms with Crippen LogP contribution in [-0.4, -0.2) is 11.9 Å². The van der Waals surface area contributed by atoms with Gasteiger partial charge in [0.1, 0.15) is 5.75 Å². The Labute approximate surface area is 101 Å². The maximum absolute atomic E-state index is 5.32. The van der Waals surface area contributed by atoms with Gasteiger partial charge in [-0.15, -0.1) is 0 Å². The van der Waals surface area contributed by atoms with Crippen LogP contribution in [0.2, 0.25) is 0 Å². The highest BCUT2D eigenvalue weighted by atomic mass is 79.9. The van der Waals surface area contributed by atoms with Gasteiger partial charge >= 0.3 is 0 Å². The van der Waals surface area contributed by atoms with Crippen LogP contribution in [0, 0.1) is 0 Å². The summed E-state index contributed by atoms with van der Waals surface area (Å²) in [4.78, 5) is 0.659. The fourth-order valence-corrected chi connectivity index (χ4v) is 1.95. The van der Waals surface area contributed by atoms with Crippen LogP contribution in [0.15, 0.2) is 24.3 Å². The number of para-hydroxylation sites is 1. The highest BCUT2D eigenvalue weighted by Crippen LogP contribution is 2.21. The van der Waals surface area contributed by atoms with Gasteiger partial charge in [-0.25, -0.2) is 0 Å². The van der Waals surface area contributed by atoms with E-state index in [9.17, 15) is 0 Å². The maximum Gasteiger partial charge on any atom is 0.122 e. The normalized spacial score (nSPS) is 12.5. The van der Waals surface area contributed by atoms with Crippen molar-refractivity contribution < 1.29 is 4.74 Å². The average Bonchev–Trinajstić information content (AvgIpc) is 2.29. The molecular weight excluding hydrogens is 252 g/mol.